The molecule has 0 radical (unpaired) electrons. The average Bonchev–Trinajstić information content (AvgIpc) is 3.38. The van der Waals surface area contributed by atoms with Gasteiger partial charge in [-0.25, -0.2) is 0 Å². The third kappa shape index (κ3) is 5.93. The Bertz CT molecular complexity index is 705. The Kier molecular flexibility index (Phi) is 8.92. The first-order valence-corrected chi connectivity index (χ1v) is 11.3. The number of hydrogen-bond donors (Lipinski definition) is 1. The fourth-order valence-electron chi connectivity index (χ4n) is 4.82. The van der Waals surface area contributed by atoms with Gasteiger partial charge >= 0.3 is 0 Å². The molecule has 3 aliphatic heterocycles. The number of nitrogens with zero attached hydrogens (tertiary/aromatic N) is 4. The number of piperazine rings is 1. The molecule has 3 fully saturated rings. The molecule has 4 rings (SSSR count). The number of hydrogen-bond acceptors (Lipinski definition) is 4. The van der Waals surface area contributed by atoms with Crippen molar-refractivity contribution in [2.75, 3.05) is 77.5 Å². The first-order valence-electron chi connectivity index (χ1n) is 10.9. The van der Waals surface area contributed by atoms with Gasteiger partial charge in [-0.15, -0.1) is 24.0 Å². The van der Waals surface area contributed by atoms with E-state index in [9.17, 15) is 0 Å². The quantitative estimate of drug-likeness (QED) is 0.266. The number of anilines is 1. The van der Waals surface area contributed by atoms with E-state index >= 15 is 0 Å². The van der Waals surface area contributed by atoms with Gasteiger partial charge in [0.1, 0.15) is 0 Å². The first kappa shape index (κ1) is 23.9. The molecule has 1 atom stereocenters. The van der Waals surface area contributed by atoms with Crippen LogP contribution in [0.4, 0.5) is 5.69 Å². The number of ether oxygens (including phenoxy) is 1. The van der Waals surface area contributed by atoms with E-state index in [-0.39, 0.29) is 24.0 Å². The molecule has 3 saturated heterocycles. The zero-order valence-electron chi connectivity index (χ0n) is 18.0. The minimum Gasteiger partial charge on any atom is -0.381 e. The summed E-state index contributed by atoms with van der Waals surface area (Å²) in [5.41, 5.74) is 1.61. The van der Waals surface area contributed by atoms with Crippen molar-refractivity contribution in [1.29, 1.82) is 0 Å². The Hall–Kier alpha value is -0.770. The van der Waals surface area contributed by atoms with Crippen molar-refractivity contribution in [3.05, 3.63) is 29.3 Å². The van der Waals surface area contributed by atoms with Crippen LogP contribution in [-0.4, -0.2) is 88.4 Å². The third-order valence-electron chi connectivity index (χ3n) is 6.61. The number of nitrogens with one attached hydrogen (secondary N) is 1. The second kappa shape index (κ2) is 11.2. The highest BCUT2D eigenvalue weighted by Crippen LogP contribution is 2.38. The van der Waals surface area contributed by atoms with Crippen molar-refractivity contribution in [2.45, 2.75) is 19.3 Å². The summed E-state index contributed by atoms with van der Waals surface area (Å²) < 4.78 is 5.65. The van der Waals surface area contributed by atoms with Gasteiger partial charge in [0.15, 0.2) is 5.96 Å². The molecule has 1 unspecified atom stereocenters. The normalized spacial score (nSPS) is 25.1. The molecular weight excluding hydrogens is 513 g/mol. The van der Waals surface area contributed by atoms with E-state index in [2.05, 4.69) is 37.1 Å². The third-order valence-corrected chi connectivity index (χ3v) is 6.85. The Morgan fingerprint density at radius 1 is 1.20 bits per heavy atom. The van der Waals surface area contributed by atoms with Crippen molar-refractivity contribution < 1.29 is 4.74 Å². The molecule has 8 heteroatoms. The van der Waals surface area contributed by atoms with E-state index in [0.29, 0.717) is 5.41 Å². The molecule has 30 heavy (non-hydrogen) atoms. The van der Waals surface area contributed by atoms with Gasteiger partial charge in [0.05, 0.1) is 6.61 Å². The first-order chi connectivity index (χ1) is 14.2. The summed E-state index contributed by atoms with van der Waals surface area (Å²) in [6.45, 7) is 10.5. The van der Waals surface area contributed by atoms with E-state index in [1.54, 1.807) is 0 Å². The van der Waals surface area contributed by atoms with Crippen molar-refractivity contribution >= 4 is 47.2 Å². The van der Waals surface area contributed by atoms with Gasteiger partial charge in [0.25, 0.3) is 0 Å². The van der Waals surface area contributed by atoms with Crippen molar-refractivity contribution in [3.8, 4) is 0 Å². The van der Waals surface area contributed by atoms with Crippen LogP contribution in [-0.2, 0) is 4.74 Å². The largest absolute Gasteiger partial charge is 0.381 e. The molecule has 3 aliphatic rings. The summed E-state index contributed by atoms with van der Waals surface area (Å²) in [7, 11) is 1.90. The zero-order valence-corrected chi connectivity index (χ0v) is 21.1. The van der Waals surface area contributed by atoms with Gasteiger partial charge in [-0.1, -0.05) is 17.7 Å². The molecule has 1 N–H and O–H groups in total. The summed E-state index contributed by atoms with van der Waals surface area (Å²) >= 11 is 6.13. The van der Waals surface area contributed by atoms with Crippen LogP contribution in [0.25, 0.3) is 0 Å². The molecule has 1 aromatic carbocycles. The molecule has 6 nitrogen and oxygen atoms in total. The highest BCUT2D eigenvalue weighted by atomic mass is 127. The Labute approximate surface area is 203 Å². The zero-order chi connectivity index (χ0) is 20.1. The maximum atomic E-state index is 6.13. The van der Waals surface area contributed by atoms with Gasteiger partial charge in [-0.3, -0.25) is 9.89 Å². The molecule has 0 bridgehead atoms. The van der Waals surface area contributed by atoms with Crippen molar-refractivity contribution in [2.24, 2.45) is 10.4 Å². The molecule has 0 amide bonds. The SMILES string of the molecule is CN=C(NCCCN1CCN(c2cccc(Cl)c2)CC1)N1CCC2(CCOC2)C1.I. The highest BCUT2D eigenvalue weighted by molar-refractivity contribution is 14.0. The Morgan fingerprint density at radius 3 is 2.73 bits per heavy atom. The smallest absolute Gasteiger partial charge is 0.193 e. The molecule has 3 heterocycles. The van der Waals surface area contributed by atoms with Crippen LogP contribution in [0.5, 0.6) is 0 Å². The minimum atomic E-state index is 0. The Morgan fingerprint density at radius 2 is 2.03 bits per heavy atom. The lowest BCUT2D eigenvalue weighted by Gasteiger charge is -2.36. The number of guanidine groups is 1. The second-order valence-electron chi connectivity index (χ2n) is 8.61. The van der Waals surface area contributed by atoms with Gasteiger partial charge in [-0.2, -0.15) is 0 Å². The van der Waals surface area contributed by atoms with Crippen LogP contribution in [0.1, 0.15) is 19.3 Å². The fraction of sp³-hybridized carbons (Fsp3) is 0.682. The summed E-state index contributed by atoms with van der Waals surface area (Å²) in [5, 5.41) is 4.40. The van der Waals surface area contributed by atoms with E-state index < -0.39 is 0 Å². The number of likely N-dealkylation sites (tertiary alicyclic amines) is 1. The van der Waals surface area contributed by atoms with Crippen LogP contribution in [0, 0.1) is 5.41 Å². The lowest BCUT2D eigenvalue weighted by atomic mass is 9.87. The molecular formula is C22H35ClIN5O. The lowest BCUT2D eigenvalue weighted by molar-refractivity contribution is 0.156. The van der Waals surface area contributed by atoms with Crippen molar-refractivity contribution in [3.63, 3.8) is 0 Å². The highest BCUT2D eigenvalue weighted by Gasteiger charge is 2.42. The van der Waals surface area contributed by atoms with Crippen LogP contribution < -0.4 is 10.2 Å². The van der Waals surface area contributed by atoms with Gasteiger partial charge in [-0.05, 0) is 44.0 Å². The molecule has 1 aromatic rings. The summed E-state index contributed by atoms with van der Waals surface area (Å²) in [6.07, 6.45) is 3.56. The average molecular weight is 548 g/mol. The van der Waals surface area contributed by atoms with Gasteiger partial charge in [0.2, 0.25) is 0 Å². The molecule has 0 aromatic heterocycles. The number of benzene rings is 1. The van der Waals surface area contributed by atoms with E-state index in [0.717, 1.165) is 83.0 Å². The predicted octanol–water partition coefficient (Wildman–Crippen LogP) is 3.16. The second-order valence-corrected chi connectivity index (χ2v) is 9.05. The lowest BCUT2D eigenvalue weighted by Crippen LogP contribution is -2.47. The van der Waals surface area contributed by atoms with E-state index in [1.807, 2.05) is 19.2 Å². The maximum absolute atomic E-state index is 6.13. The van der Waals surface area contributed by atoms with E-state index in [4.69, 9.17) is 16.3 Å². The van der Waals surface area contributed by atoms with Gasteiger partial charge < -0.3 is 19.9 Å². The monoisotopic (exact) mass is 547 g/mol. The standard InChI is InChI=1S/C22H34ClN5O.HI/c1-24-21(28-10-6-22(17-28)7-15-29-18-22)25-8-3-9-26-11-13-27(14-12-26)20-5-2-4-19(23)16-20;/h2,4-5,16H,3,6-15,17-18H2,1H3,(H,24,25);1H. The topological polar surface area (TPSA) is 43.3 Å². The van der Waals surface area contributed by atoms with Crippen LogP contribution in [0.15, 0.2) is 29.3 Å². The summed E-state index contributed by atoms with van der Waals surface area (Å²) in [5.74, 6) is 1.06. The molecule has 0 aliphatic carbocycles. The molecule has 0 saturated carbocycles. The predicted molar refractivity (Wildman–Crippen MR) is 136 cm³/mol. The van der Waals surface area contributed by atoms with E-state index in [1.165, 1.54) is 18.5 Å². The fourth-order valence-corrected chi connectivity index (χ4v) is 5.01. The molecule has 1 spiro atoms. The maximum Gasteiger partial charge on any atom is 0.193 e. The number of aliphatic imine (C=N–C) groups is 1. The molecule has 168 valence electrons. The minimum absolute atomic E-state index is 0. The van der Waals surface area contributed by atoms with Gasteiger partial charge in [0, 0.05) is 75.6 Å². The Balaban J connectivity index is 0.00000256. The summed E-state index contributed by atoms with van der Waals surface area (Å²) in [6, 6.07) is 8.18. The number of halogens is 2. The number of rotatable bonds is 5. The van der Waals surface area contributed by atoms with Crippen molar-refractivity contribution in [1.82, 2.24) is 15.1 Å². The van der Waals surface area contributed by atoms with Crippen LogP contribution in [0.3, 0.4) is 0 Å². The van der Waals surface area contributed by atoms with Crippen LogP contribution in [0.2, 0.25) is 5.02 Å². The summed E-state index contributed by atoms with van der Waals surface area (Å²) in [4.78, 5) is 11.9. The van der Waals surface area contributed by atoms with Crippen LogP contribution >= 0.6 is 35.6 Å².